The molecule has 0 spiro atoms. The molecular weight excluding hydrogens is 345 g/mol. The molecule has 2 aliphatic heterocycles. The monoisotopic (exact) mass is 369 g/mol. The fourth-order valence-corrected chi connectivity index (χ4v) is 4.03. The third-order valence-electron chi connectivity index (χ3n) is 5.41. The molecule has 0 radical (unpaired) electrons. The van der Waals surface area contributed by atoms with E-state index in [1.165, 1.54) is 12.1 Å². The molecule has 0 unspecified atom stereocenters. The van der Waals surface area contributed by atoms with Gasteiger partial charge in [-0.3, -0.25) is 4.79 Å². The number of carbonyl (C=O) groups excluding carboxylic acids is 1. The molecule has 4 rings (SSSR count). The van der Waals surface area contributed by atoms with E-state index in [0.717, 1.165) is 31.4 Å². The summed E-state index contributed by atoms with van der Waals surface area (Å²) in [7, 11) is 0. The molecule has 2 saturated heterocycles. The van der Waals surface area contributed by atoms with E-state index in [-0.39, 0.29) is 17.5 Å². The van der Waals surface area contributed by atoms with Crippen LogP contribution >= 0.6 is 0 Å². The molecule has 0 bridgehead atoms. The lowest BCUT2D eigenvalue weighted by Gasteiger charge is -2.23. The smallest absolute Gasteiger partial charge is 0.257 e. The van der Waals surface area contributed by atoms with E-state index in [2.05, 4.69) is 5.32 Å². The maximum atomic E-state index is 14.4. The minimum Gasteiger partial charge on any atom is -0.457 e. The average Bonchev–Trinajstić information content (AvgIpc) is 3.28. The van der Waals surface area contributed by atoms with Crippen LogP contribution < -0.4 is 15.8 Å². The van der Waals surface area contributed by atoms with E-state index in [9.17, 15) is 9.18 Å². The highest BCUT2D eigenvalue weighted by molar-refractivity contribution is 5.95. The lowest BCUT2D eigenvalue weighted by atomic mass is 10.1. The van der Waals surface area contributed by atoms with Crippen molar-refractivity contribution >= 4 is 5.91 Å². The SMILES string of the molecule is NCCc1ccc(Oc2ccc(F)c(C(=O)N3CC[C@@H]4NCC[C@@H]43)c2)cc1. The van der Waals surface area contributed by atoms with Gasteiger partial charge in [0, 0.05) is 18.6 Å². The van der Waals surface area contributed by atoms with Gasteiger partial charge >= 0.3 is 0 Å². The Balaban J connectivity index is 1.52. The second-order valence-electron chi connectivity index (χ2n) is 7.13. The van der Waals surface area contributed by atoms with Crippen molar-refractivity contribution in [3.8, 4) is 11.5 Å². The van der Waals surface area contributed by atoms with Gasteiger partial charge in [0.25, 0.3) is 5.91 Å². The highest BCUT2D eigenvalue weighted by Gasteiger charge is 2.40. The molecule has 0 saturated carbocycles. The Morgan fingerprint density at radius 3 is 2.74 bits per heavy atom. The lowest BCUT2D eigenvalue weighted by Crippen LogP contribution is -2.38. The molecular formula is C21H24FN3O2. The Bertz CT molecular complexity index is 825. The molecule has 6 heteroatoms. The van der Waals surface area contributed by atoms with Gasteiger partial charge in [0.2, 0.25) is 0 Å². The molecule has 2 aromatic carbocycles. The second kappa shape index (κ2) is 7.66. The summed E-state index contributed by atoms with van der Waals surface area (Å²) < 4.78 is 20.2. The number of nitrogens with two attached hydrogens (primary N) is 1. The quantitative estimate of drug-likeness (QED) is 0.850. The van der Waals surface area contributed by atoms with Gasteiger partial charge in [-0.15, -0.1) is 0 Å². The number of nitrogens with zero attached hydrogens (tertiary/aromatic N) is 1. The molecule has 5 nitrogen and oxygen atoms in total. The van der Waals surface area contributed by atoms with Crippen LogP contribution in [0.2, 0.25) is 0 Å². The van der Waals surface area contributed by atoms with Crippen molar-refractivity contribution < 1.29 is 13.9 Å². The van der Waals surface area contributed by atoms with Crippen LogP contribution in [0.4, 0.5) is 4.39 Å². The number of hydrogen-bond donors (Lipinski definition) is 2. The van der Waals surface area contributed by atoms with E-state index >= 15 is 0 Å². The van der Waals surface area contributed by atoms with Gasteiger partial charge in [0.05, 0.1) is 5.56 Å². The second-order valence-corrected chi connectivity index (χ2v) is 7.13. The number of rotatable bonds is 5. The Kier molecular flexibility index (Phi) is 5.09. The van der Waals surface area contributed by atoms with Gasteiger partial charge in [0.15, 0.2) is 0 Å². The normalized spacial score (nSPS) is 21.3. The van der Waals surface area contributed by atoms with Crippen LogP contribution in [-0.4, -0.2) is 42.5 Å². The average molecular weight is 369 g/mol. The van der Waals surface area contributed by atoms with E-state index in [0.29, 0.717) is 30.6 Å². The van der Waals surface area contributed by atoms with Crippen LogP contribution in [0.3, 0.4) is 0 Å². The Morgan fingerprint density at radius 1 is 1.19 bits per heavy atom. The van der Waals surface area contributed by atoms with E-state index < -0.39 is 5.82 Å². The van der Waals surface area contributed by atoms with E-state index in [4.69, 9.17) is 10.5 Å². The summed E-state index contributed by atoms with van der Waals surface area (Å²) in [6.07, 6.45) is 2.65. The summed E-state index contributed by atoms with van der Waals surface area (Å²) in [5.74, 6) is 0.320. The van der Waals surface area contributed by atoms with Crippen LogP contribution in [-0.2, 0) is 6.42 Å². The summed E-state index contributed by atoms with van der Waals surface area (Å²) in [6.45, 7) is 2.16. The maximum absolute atomic E-state index is 14.4. The molecule has 2 atom stereocenters. The molecule has 2 aromatic rings. The number of hydrogen-bond acceptors (Lipinski definition) is 4. The third-order valence-corrected chi connectivity index (χ3v) is 5.41. The van der Waals surface area contributed by atoms with Crippen molar-refractivity contribution in [2.75, 3.05) is 19.6 Å². The number of fused-ring (bicyclic) bond motifs is 1. The topological polar surface area (TPSA) is 67.6 Å². The molecule has 1 amide bonds. The van der Waals surface area contributed by atoms with Gasteiger partial charge in [-0.2, -0.15) is 0 Å². The zero-order valence-corrected chi connectivity index (χ0v) is 15.2. The number of benzene rings is 2. The number of amides is 1. The minimum atomic E-state index is -0.514. The molecule has 2 heterocycles. The summed E-state index contributed by atoms with van der Waals surface area (Å²) >= 11 is 0. The van der Waals surface area contributed by atoms with Crippen molar-refractivity contribution in [1.29, 1.82) is 0 Å². The van der Waals surface area contributed by atoms with Crippen molar-refractivity contribution in [3.05, 3.63) is 59.4 Å². The van der Waals surface area contributed by atoms with Crippen LogP contribution in [0.25, 0.3) is 0 Å². The van der Waals surface area contributed by atoms with E-state index in [1.54, 1.807) is 11.0 Å². The molecule has 3 N–H and O–H groups in total. The molecule has 142 valence electrons. The molecule has 0 aliphatic carbocycles. The Labute approximate surface area is 158 Å². The lowest BCUT2D eigenvalue weighted by molar-refractivity contribution is 0.0732. The zero-order chi connectivity index (χ0) is 18.8. The molecule has 0 aromatic heterocycles. The first kappa shape index (κ1) is 17.9. The summed E-state index contributed by atoms with van der Waals surface area (Å²) in [4.78, 5) is 14.7. The van der Waals surface area contributed by atoms with E-state index in [1.807, 2.05) is 24.3 Å². The standard InChI is InChI=1S/C21H24FN3O2/c22-18-6-5-16(27-15-3-1-14(2-4-15)7-10-23)13-17(18)21(26)25-12-9-19-20(25)8-11-24-19/h1-6,13,19-20,24H,7-12,23H2/t19-,20-/m0/s1. The predicted octanol–water partition coefficient (Wildman–Crippen LogP) is 2.70. The first-order valence-electron chi connectivity index (χ1n) is 9.46. The van der Waals surface area contributed by atoms with Crippen molar-refractivity contribution in [3.63, 3.8) is 0 Å². The van der Waals surface area contributed by atoms with Crippen LogP contribution in [0, 0.1) is 5.82 Å². The van der Waals surface area contributed by atoms with Crippen molar-refractivity contribution in [2.24, 2.45) is 5.73 Å². The number of halogens is 1. The molecule has 2 fully saturated rings. The van der Waals surface area contributed by atoms with Gasteiger partial charge in [0.1, 0.15) is 17.3 Å². The maximum Gasteiger partial charge on any atom is 0.257 e. The first-order chi connectivity index (χ1) is 13.2. The Morgan fingerprint density at radius 2 is 1.96 bits per heavy atom. The fraction of sp³-hybridized carbons (Fsp3) is 0.381. The number of ether oxygens (including phenoxy) is 1. The van der Waals surface area contributed by atoms with Gasteiger partial charge in [-0.1, -0.05) is 12.1 Å². The van der Waals surface area contributed by atoms with Crippen LogP contribution in [0.5, 0.6) is 11.5 Å². The highest BCUT2D eigenvalue weighted by atomic mass is 19.1. The van der Waals surface area contributed by atoms with Gasteiger partial charge in [-0.05, 0) is 68.2 Å². The molecule has 2 aliphatic rings. The van der Waals surface area contributed by atoms with Crippen LogP contribution in [0.15, 0.2) is 42.5 Å². The minimum absolute atomic E-state index is 0.0693. The third kappa shape index (κ3) is 3.68. The van der Waals surface area contributed by atoms with Crippen molar-refractivity contribution in [1.82, 2.24) is 10.2 Å². The summed E-state index contributed by atoms with van der Waals surface area (Å²) in [6, 6.07) is 12.5. The predicted molar refractivity (Wildman–Crippen MR) is 102 cm³/mol. The Hall–Kier alpha value is -2.44. The fourth-order valence-electron chi connectivity index (χ4n) is 4.03. The highest BCUT2D eigenvalue weighted by Crippen LogP contribution is 2.29. The zero-order valence-electron chi connectivity index (χ0n) is 15.2. The van der Waals surface area contributed by atoms with Crippen LogP contribution in [0.1, 0.15) is 28.8 Å². The van der Waals surface area contributed by atoms with Crippen molar-refractivity contribution in [2.45, 2.75) is 31.3 Å². The number of nitrogens with one attached hydrogen (secondary N) is 1. The largest absolute Gasteiger partial charge is 0.457 e. The van der Waals surface area contributed by atoms with Gasteiger partial charge in [-0.25, -0.2) is 4.39 Å². The molecule has 27 heavy (non-hydrogen) atoms. The summed E-state index contributed by atoms with van der Waals surface area (Å²) in [5.41, 5.74) is 6.76. The summed E-state index contributed by atoms with van der Waals surface area (Å²) in [5, 5.41) is 3.41. The first-order valence-corrected chi connectivity index (χ1v) is 9.46. The number of likely N-dealkylation sites (tertiary alicyclic amines) is 1. The number of carbonyl (C=O) groups is 1. The van der Waals surface area contributed by atoms with Gasteiger partial charge < -0.3 is 20.7 Å².